The summed E-state index contributed by atoms with van der Waals surface area (Å²) in [5.74, 6) is 1.65. The van der Waals surface area contributed by atoms with Gasteiger partial charge in [-0.15, -0.1) is 0 Å². The number of rotatable bonds is 4. The average molecular weight is 386 g/mol. The fourth-order valence-electron chi connectivity index (χ4n) is 4.09. The maximum absolute atomic E-state index is 12.4. The number of carbonyl (C=O) groups excluding carboxylic acids is 1. The first kappa shape index (κ1) is 19.0. The van der Waals surface area contributed by atoms with Crippen molar-refractivity contribution in [2.24, 2.45) is 5.92 Å². The number of H-pyrrole nitrogens is 1. The number of hydrogen-bond acceptors (Lipinski definition) is 5. The van der Waals surface area contributed by atoms with Gasteiger partial charge in [0.05, 0.1) is 5.39 Å². The number of nitrogens with zero attached hydrogens (tertiary/aromatic N) is 3. The summed E-state index contributed by atoms with van der Waals surface area (Å²) in [5.41, 5.74) is 1.70. The van der Waals surface area contributed by atoms with E-state index in [1.807, 2.05) is 20.8 Å². The van der Waals surface area contributed by atoms with Gasteiger partial charge in [0.1, 0.15) is 23.4 Å². The first-order valence-corrected chi connectivity index (χ1v) is 10.4. The molecule has 7 heteroatoms. The highest BCUT2D eigenvalue weighted by Crippen LogP contribution is 2.33. The Bertz CT molecular complexity index is 837. The molecule has 1 aliphatic heterocycles. The van der Waals surface area contributed by atoms with E-state index in [1.54, 1.807) is 11.2 Å². The zero-order valence-corrected chi connectivity index (χ0v) is 17.1. The topological polar surface area (TPSA) is 83.1 Å². The number of amides is 1. The van der Waals surface area contributed by atoms with Crippen molar-refractivity contribution in [3.63, 3.8) is 0 Å². The molecule has 1 atom stereocenters. The molecule has 2 aromatic rings. The van der Waals surface area contributed by atoms with Crippen molar-refractivity contribution >= 4 is 22.9 Å². The molecule has 1 aliphatic carbocycles. The number of anilines is 1. The SMILES string of the molecule is CC(C)(C)OC(=O)N1CCC[C@@H](Nc2ncnc3[nH]cc(CC4CCC4)c23)C1. The second-order valence-electron chi connectivity index (χ2n) is 9.17. The van der Waals surface area contributed by atoms with Gasteiger partial charge in [0.2, 0.25) is 0 Å². The second kappa shape index (κ2) is 7.60. The van der Waals surface area contributed by atoms with Crippen molar-refractivity contribution in [2.45, 2.75) is 70.9 Å². The summed E-state index contributed by atoms with van der Waals surface area (Å²) in [6.07, 6.45) is 10.5. The molecule has 7 nitrogen and oxygen atoms in total. The molecule has 4 rings (SSSR count). The average Bonchev–Trinajstić information content (AvgIpc) is 3.01. The van der Waals surface area contributed by atoms with Crippen molar-refractivity contribution in [2.75, 3.05) is 18.4 Å². The predicted molar refractivity (Wildman–Crippen MR) is 109 cm³/mol. The van der Waals surface area contributed by atoms with E-state index in [9.17, 15) is 4.79 Å². The minimum atomic E-state index is -0.474. The van der Waals surface area contributed by atoms with Gasteiger partial charge in [-0.2, -0.15) is 0 Å². The molecular formula is C21H31N5O2. The Morgan fingerprint density at radius 1 is 1.29 bits per heavy atom. The Kier molecular flexibility index (Phi) is 5.17. The maximum Gasteiger partial charge on any atom is 0.410 e. The lowest BCUT2D eigenvalue weighted by atomic mass is 9.81. The number of aromatic nitrogens is 3. The van der Waals surface area contributed by atoms with Crippen LogP contribution in [0.5, 0.6) is 0 Å². The minimum Gasteiger partial charge on any atom is -0.444 e. The van der Waals surface area contributed by atoms with Gasteiger partial charge in [-0.05, 0) is 51.5 Å². The van der Waals surface area contributed by atoms with E-state index in [0.29, 0.717) is 6.54 Å². The molecule has 28 heavy (non-hydrogen) atoms. The molecule has 1 amide bonds. The number of aromatic amines is 1. The number of piperidine rings is 1. The van der Waals surface area contributed by atoms with E-state index >= 15 is 0 Å². The van der Waals surface area contributed by atoms with Gasteiger partial charge in [-0.25, -0.2) is 14.8 Å². The predicted octanol–water partition coefficient (Wildman–Crippen LogP) is 4.11. The van der Waals surface area contributed by atoms with Gasteiger partial charge in [0, 0.05) is 25.3 Å². The molecule has 1 saturated carbocycles. The minimum absolute atomic E-state index is 0.158. The van der Waals surface area contributed by atoms with Crippen molar-refractivity contribution in [1.29, 1.82) is 0 Å². The van der Waals surface area contributed by atoms with E-state index in [-0.39, 0.29) is 12.1 Å². The summed E-state index contributed by atoms with van der Waals surface area (Å²) < 4.78 is 5.54. The van der Waals surface area contributed by atoms with Gasteiger partial charge in [0.25, 0.3) is 0 Å². The zero-order valence-electron chi connectivity index (χ0n) is 17.1. The number of carbonyl (C=O) groups is 1. The van der Waals surface area contributed by atoms with Crippen LogP contribution in [0.2, 0.25) is 0 Å². The summed E-state index contributed by atoms with van der Waals surface area (Å²) in [6, 6.07) is 0.158. The van der Waals surface area contributed by atoms with Gasteiger partial charge in [-0.1, -0.05) is 19.3 Å². The second-order valence-corrected chi connectivity index (χ2v) is 9.17. The van der Waals surface area contributed by atoms with Crippen LogP contribution in [0.1, 0.15) is 58.4 Å². The lowest BCUT2D eigenvalue weighted by Crippen LogP contribution is -2.47. The van der Waals surface area contributed by atoms with Gasteiger partial charge < -0.3 is 19.9 Å². The van der Waals surface area contributed by atoms with Gasteiger partial charge in [0.15, 0.2) is 0 Å². The largest absolute Gasteiger partial charge is 0.444 e. The fourth-order valence-corrected chi connectivity index (χ4v) is 4.09. The van der Waals surface area contributed by atoms with Crippen LogP contribution in [-0.4, -0.2) is 50.7 Å². The highest BCUT2D eigenvalue weighted by Gasteiger charge is 2.28. The number of ether oxygens (including phenoxy) is 1. The third kappa shape index (κ3) is 4.23. The lowest BCUT2D eigenvalue weighted by molar-refractivity contribution is 0.0206. The van der Waals surface area contributed by atoms with Gasteiger partial charge in [-0.3, -0.25) is 0 Å². The smallest absolute Gasteiger partial charge is 0.410 e. The molecule has 2 aromatic heterocycles. The first-order valence-electron chi connectivity index (χ1n) is 10.4. The molecule has 3 heterocycles. The molecule has 1 saturated heterocycles. The number of nitrogens with one attached hydrogen (secondary N) is 2. The zero-order chi connectivity index (χ0) is 19.7. The van der Waals surface area contributed by atoms with Crippen molar-refractivity contribution in [1.82, 2.24) is 19.9 Å². The van der Waals surface area contributed by atoms with Crippen LogP contribution < -0.4 is 5.32 Å². The maximum atomic E-state index is 12.4. The monoisotopic (exact) mass is 385 g/mol. The number of fused-ring (bicyclic) bond motifs is 1. The number of hydrogen-bond donors (Lipinski definition) is 2. The Morgan fingerprint density at radius 3 is 2.82 bits per heavy atom. The standard InChI is InChI=1S/C21H31N5O2/c1-21(2,3)28-20(27)26-9-5-8-16(12-26)25-19-17-15(10-14-6-4-7-14)11-22-18(17)23-13-24-19/h11,13-14,16H,4-10,12H2,1-3H3,(H2,22,23,24,25)/t16-/m1/s1. The van der Waals surface area contributed by atoms with Crippen LogP contribution >= 0.6 is 0 Å². The summed E-state index contributed by atoms with van der Waals surface area (Å²) in [7, 11) is 0. The third-order valence-electron chi connectivity index (χ3n) is 5.70. The van der Waals surface area contributed by atoms with E-state index in [1.165, 1.54) is 24.8 Å². The molecular weight excluding hydrogens is 354 g/mol. The Morgan fingerprint density at radius 2 is 2.11 bits per heavy atom. The third-order valence-corrected chi connectivity index (χ3v) is 5.70. The Balaban J connectivity index is 1.48. The molecule has 0 bridgehead atoms. The van der Waals surface area contributed by atoms with Crippen LogP contribution in [-0.2, 0) is 11.2 Å². The van der Waals surface area contributed by atoms with Crippen LogP contribution in [0.4, 0.5) is 10.6 Å². The van der Waals surface area contributed by atoms with Crippen molar-refractivity contribution < 1.29 is 9.53 Å². The van der Waals surface area contributed by atoms with E-state index in [2.05, 4.69) is 26.5 Å². The lowest BCUT2D eigenvalue weighted by Gasteiger charge is -2.34. The summed E-state index contributed by atoms with van der Waals surface area (Å²) in [6.45, 7) is 7.07. The first-order chi connectivity index (χ1) is 13.4. The van der Waals surface area contributed by atoms with Crippen LogP contribution in [0.15, 0.2) is 12.5 Å². The van der Waals surface area contributed by atoms with E-state index in [4.69, 9.17) is 4.74 Å². The van der Waals surface area contributed by atoms with Crippen molar-refractivity contribution in [3.05, 3.63) is 18.1 Å². The van der Waals surface area contributed by atoms with Crippen LogP contribution in [0.3, 0.4) is 0 Å². The Labute approximate surface area is 166 Å². The molecule has 0 aromatic carbocycles. The highest BCUT2D eigenvalue weighted by atomic mass is 16.6. The number of likely N-dealkylation sites (tertiary alicyclic amines) is 1. The Hall–Kier alpha value is -2.31. The molecule has 152 valence electrons. The van der Waals surface area contributed by atoms with Crippen LogP contribution in [0, 0.1) is 5.92 Å². The molecule has 0 radical (unpaired) electrons. The molecule has 0 spiro atoms. The normalized spacial score (nSPS) is 20.8. The highest BCUT2D eigenvalue weighted by molar-refractivity contribution is 5.90. The van der Waals surface area contributed by atoms with Crippen molar-refractivity contribution in [3.8, 4) is 0 Å². The van der Waals surface area contributed by atoms with E-state index < -0.39 is 5.60 Å². The summed E-state index contributed by atoms with van der Waals surface area (Å²) in [4.78, 5) is 26.5. The van der Waals surface area contributed by atoms with Gasteiger partial charge >= 0.3 is 6.09 Å². The molecule has 2 N–H and O–H groups in total. The molecule has 2 aliphatic rings. The van der Waals surface area contributed by atoms with E-state index in [0.717, 1.165) is 48.6 Å². The summed E-state index contributed by atoms with van der Waals surface area (Å²) in [5, 5.41) is 4.69. The fraction of sp³-hybridized carbons (Fsp3) is 0.667. The van der Waals surface area contributed by atoms with Crippen LogP contribution in [0.25, 0.3) is 11.0 Å². The quantitative estimate of drug-likeness (QED) is 0.827. The molecule has 2 fully saturated rings. The molecule has 0 unspecified atom stereocenters. The summed E-state index contributed by atoms with van der Waals surface area (Å²) >= 11 is 0.